The van der Waals surface area contributed by atoms with E-state index in [-0.39, 0.29) is 0 Å². The topological polar surface area (TPSA) is 49.7 Å². The quantitative estimate of drug-likeness (QED) is 0.742. The van der Waals surface area contributed by atoms with Gasteiger partial charge in [-0.3, -0.25) is 0 Å². The van der Waals surface area contributed by atoms with Gasteiger partial charge in [0.15, 0.2) is 0 Å². The second-order valence-corrected chi connectivity index (χ2v) is 5.92. The number of aliphatic hydroxyl groups is 1. The summed E-state index contributed by atoms with van der Waals surface area (Å²) >= 11 is 0. The van der Waals surface area contributed by atoms with Crippen LogP contribution in [0.5, 0.6) is 0 Å². The van der Waals surface area contributed by atoms with Gasteiger partial charge in [0.25, 0.3) is 0 Å². The number of hydrogen-bond acceptors (Lipinski definition) is 3. The van der Waals surface area contributed by atoms with Gasteiger partial charge in [0.05, 0.1) is 11.2 Å². The van der Waals surface area contributed by atoms with Gasteiger partial charge in [0.1, 0.15) is 0 Å². The van der Waals surface area contributed by atoms with Crippen LogP contribution in [0.1, 0.15) is 59.8 Å². The molecule has 0 aromatic carbocycles. The first-order valence-electron chi connectivity index (χ1n) is 6.51. The third kappa shape index (κ3) is 4.13. The molecule has 0 aromatic heterocycles. The minimum Gasteiger partial charge on any atom is -0.423 e. The van der Waals surface area contributed by atoms with Crippen LogP contribution in [0.4, 0.5) is 0 Å². The summed E-state index contributed by atoms with van der Waals surface area (Å²) in [7, 11) is -0.894. The summed E-state index contributed by atoms with van der Waals surface area (Å²) in [5.41, 5.74) is -0.807. The number of rotatable bonds is 4. The lowest BCUT2D eigenvalue weighted by molar-refractivity contribution is -0.0989. The highest BCUT2D eigenvalue weighted by Crippen LogP contribution is 2.28. The second-order valence-electron chi connectivity index (χ2n) is 5.92. The fourth-order valence-electron chi connectivity index (χ4n) is 1.76. The third-order valence-corrected chi connectivity index (χ3v) is 3.77. The molecule has 4 heteroatoms. The van der Waals surface area contributed by atoms with Gasteiger partial charge in [0.2, 0.25) is 0 Å². The van der Waals surface area contributed by atoms with Crippen LogP contribution >= 0.6 is 0 Å². The van der Waals surface area contributed by atoms with Crippen LogP contribution in [0, 0.1) is 0 Å². The molecule has 2 N–H and O–H groups in total. The van der Waals surface area contributed by atoms with Crippen molar-refractivity contribution >= 4 is 7.12 Å². The average molecular weight is 240 g/mol. The van der Waals surface area contributed by atoms with Gasteiger partial charge in [0, 0.05) is 0 Å². The van der Waals surface area contributed by atoms with Gasteiger partial charge in [-0.1, -0.05) is 18.9 Å². The molecule has 98 valence electrons. The highest BCUT2D eigenvalue weighted by molar-refractivity contribution is 6.52. The molecule has 0 heterocycles. The lowest BCUT2D eigenvalue weighted by Crippen LogP contribution is -2.50. The molecule has 0 spiro atoms. The maximum Gasteiger partial charge on any atom is 0.487 e. The van der Waals surface area contributed by atoms with E-state index in [0.29, 0.717) is 0 Å². The first-order chi connectivity index (χ1) is 7.74. The van der Waals surface area contributed by atoms with Crippen molar-refractivity contribution in [3.8, 4) is 0 Å². The van der Waals surface area contributed by atoms with E-state index in [4.69, 9.17) is 4.65 Å². The van der Waals surface area contributed by atoms with Gasteiger partial charge < -0.3 is 14.8 Å². The maximum absolute atomic E-state index is 10.1. The fourth-order valence-corrected chi connectivity index (χ4v) is 1.76. The molecule has 0 unspecified atom stereocenters. The molecular weight excluding hydrogens is 215 g/mol. The highest BCUT2D eigenvalue weighted by atomic mass is 16.5. The predicted octanol–water partition coefficient (Wildman–Crippen LogP) is 2.46. The van der Waals surface area contributed by atoms with E-state index in [1.807, 2.05) is 0 Å². The predicted molar refractivity (Wildman–Crippen MR) is 70.6 cm³/mol. The molecule has 1 rings (SSSR count). The van der Waals surface area contributed by atoms with Crippen molar-refractivity contribution in [3.05, 3.63) is 11.5 Å². The van der Waals surface area contributed by atoms with E-state index < -0.39 is 18.3 Å². The summed E-state index contributed by atoms with van der Waals surface area (Å²) in [6, 6.07) is 0. The Morgan fingerprint density at radius 2 is 1.82 bits per heavy atom. The smallest absolute Gasteiger partial charge is 0.423 e. The largest absolute Gasteiger partial charge is 0.487 e. The van der Waals surface area contributed by atoms with E-state index in [9.17, 15) is 10.1 Å². The van der Waals surface area contributed by atoms with Gasteiger partial charge in [-0.2, -0.15) is 0 Å². The SMILES string of the molecule is CC(C)(O)C(C)(C)OB(O)C1=CCCCCC1. The Balaban J connectivity index is 2.64. The molecule has 0 radical (unpaired) electrons. The summed E-state index contributed by atoms with van der Waals surface area (Å²) in [6.07, 6.45) is 7.49. The van der Waals surface area contributed by atoms with Crippen LogP contribution in [0.15, 0.2) is 11.5 Å². The normalized spacial score (nSPS) is 18.6. The molecule has 3 nitrogen and oxygen atoms in total. The Hall–Kier alpha value is -0.315. The Bertz CT molecular complexity index is 279. The molecular formula is C13H25BO3. The molecule has 17 heavy (non-hydrogen) atoms. The zero-order valence-electron chi connectivity index (χ0n) is 11.5. The van der Waals surface area contributed by atoms with Crippen molar-refractivity contribution in [3.63, 3.8) is 0 Å². The molecule has 0 saturated carbocycles. The summed E-state index contributed by atoms with van der Waals surface area (Å²) < 4.78 is 5.63. The van der Waals surface area contributed by atoms with Crippen LogP contribution in [0.2, 0.25) is 0 Å². The second kappa shape index (κ2) is 5.55. The van der Waals surface area contributed by atoms with Crippen LogP contribution in [-0.2, 0) is 4.65 Å². The standard InChI is InChI=1S/C13H25BO3/c1-12(2,15)13(3,4)17-14(16)11-9-7-5-6-8-10-11/h9,15-16H,5-8,10H2,1-4H3. The van der Waals surface area contributed by atoms with Crippen LogP contribution < -0.4 is 0 Å². The van der Waals surface area contributed by atoms with E-state index >= 15 is 0 Å². The zero-order valence-corrected chi connectivity index (χ0v) is 11.5. The monoisotopic (exact) mass is 240 g/mol. The lowest BCUT2D eigenvalue weighted by atomic mass is 9.73. The molecule has 1 aliphatic carbocycles. The van der Waals surface area contributed by atoms with E-state index in [1.165, 1.54) is 12.8 Å². The minimum absolute atomic E-state index is 0.778. The Labute approximate surface area is 105 Å². The summed E-state index contributed by atoms with van der Waals surface area (Å²) in [4.78, 5) is 0. The van der Waals surface area contributed by atoms with E-state index in [2.05, 4.69) is 6.08 Å². The number of hydrogen-bond donors (Lipinski definition) is 2. The average Bonchev–Trinajstić information content (AvgIpc) is 2.42. The van der Waals surface area contributed by atoms with E-state index in [0.717, 1.165) is 24.7 Å². The third-order valence-electron chi connectivity index (χ3n) is 3.77. The molecule has 0 atom stereocenters. The first-order valence-corrected chi connectivity index (χ1v) is 6.51. The Kier molecular flexibility index (Phi) is 4.81. The fraction of sp³-hybridized carbons (Fsp3) is 0.846. The lowest BCUT2D eigenvalue weighted by Gasteiger charge is -2.38. The molecule has 1 aliphatic rings. The van der Waals surface area contributed by atoms with Crippen molar-refractivity contribution in [2.75, 3.05) is 0 Å². The van der Waals surface area contributed by atoms with Crippen molar-refractivity contribution in [2.24, 2.45) is 0 Å². The van der Waals surface area contributed by atoms with Gasteiger partial charge >= 0.3 is 7.12 Å². The van der Waals surface area contributed by atoms with Crippen molar-refractivity contribution in [1.29, 1.82) is 0 Å². The maximum atomic E-state index is 10.1. The summed E-state index contributed by atoms with van der Waals surface area (Å²) in [5, 5.41) is 20.1. The van der Waals surface area contributed by atoms with Crippen LogP contribution in [0.25, 0.3) is 0 Å². The Morgan fingerprint density at radius 1 is 1.18 bits per heavy atom. The molecule has 0 aromatic rings. The highest BCUT2D eigenvalue weighted by Gasteiger charge is 2.39. The minimum atomic E-state index is -0.987. The Morgan fingerprint density at radius 3 is 2.41 bits per heavy atom. The van der Waals surface area contributed by atoms with Crippen molar-refractivity contribution < 1.29 is 14.8 Å². The van der Waals surface area contributed by atoms with Gasteiger partial charge in [-0.05, 0) is 52.4 Å². The summed E-state index contributed by atoms with van der Waals surface area (Å²) in [6.45, 7) is 6.99. The molecule has 0 fully saturated rings. The number of allylic oxidation sites excluding steroid dienone is 2. The first kappa shape index (κ1) is 14.7. The van der Waals surface area contributed by atoms with Crippen LogP contribution in [0.3, 0.4) is 0 Å². The molecule has 0 bridgehead atoms. The van der Waals surface area contributed by atoms with Gasteiger partial charge in [-0.25, -0.2) is 0 Å². The molecule has 0 amide bonds. The van der Waals surface area contributed by atoms with Crippen LogP contribution in [-0.4, -0.2) is 28.5 Å². The summed E-state index contributed by atoms with van der Waals surface area (Å²) in [5.74, 6) is 0. The molecule has 0 saturated heterocycles. The van der Waals surface area contributed by atoms with Gasteiger partial charge in [-0.15, -0.1) is 0 Å². The zero-order chi connectivity index (χ0) is 13.1. The van der Waals surface area contributed by atoms with Crippen molar-refractivity contribution in [1.82, 2.24) is 0 Å². The molecule has 0 aliphatic heterocycles. The van der Waals surface area contributed by atoms with Crippen molar-refractivity contribution in [2.45, 2.75) is 71.0 Å². The van der Waals surface area contributed by atoms with E-state index in [1.54, 1.807) is 27.7 Å².